The third-order valence-electron chi connectivity index (χ3n) is 2.49. The highest BCUT2D eigenvalue weighted by Gasteiger charge is 2.37. The Labute approximate surface area is 86.6 Å². The summed E-state index contributed by atoms with van der Waals surface area (Å²) in [6.07, 6.45) is -0.349. The van der Waals surface area contributed by atoms with Crippen LogP contribution in [0.1, 0.15) is 25.7 Å². The zero-order valence-electron chi connectivity index (χ0n) is 7.99. The molecule has 0 radical (unpaired) electrons. The van der Waals surface area contributed by atoms with Gasteiger partial charge in [-0.3, -0.25) is 4.79 Å². The summed E-state index contributed by atoms with van der Waals surface area (Å²) in [5.41, 5.74) is 0. The molecule has 1 fully saturated rings. The van der Waals surface area contributed by atoms with E-state index in [0.29, 0.717) is 0 Å². The first-order valence-electron chi connectivity index (χ1n) is 4.60. The Morgan fingerprint density at radius 2 is 2.00 bits per heavy atom. The van der Waals surface area contributed by atoms with Crippen molar-refractivity contribution in [1.82, 2.24) is 0 Å². The largest absolute Gasteiger partial charge is 0.695 e. The van der Waals surface area contributed by atoms with E-state index in [2.05, 4.69) is 4.52 Å². The van der Waals surface area contributed by atoms with Gasteiger partial charge in [0.1, 0.15) is 0 Å². The van der Waals surface area contributed by atoms with Crippen LogP contribution in [0.2, 0.25) is 0 Å². The highest BCUT2D eigenvalue weighted by Crippen LogP contribution is 2.36. The zero-order valence-corrected chi connectivity index (χ0v) is 8.88. The second kappa shape index (κ2) is 5.05. The lowest BCUT2D eigenvalue weighted by molar-refractivity contribution is -0.129. The molecule has 0 aromatic heterocycles. The fourth-order valence-electron chi connectivity index (χ4n) is 1.60. The van der Waals surface area contributed by atoms with Crippen LogP contribution in [0.5, 0.6) is 0 Å². The number of ketones is 1. The molecule has 1 rings (SSSR count). The Morgan fingerprint density at radius 3 is 2.47 bits per heavy atom. The lowest BCUT2D eigenvalue weighted by atomic mass is 9.84. The second-order valence-corrected chi connectivity index (χ2v) is 4.34. The van der Waals surface area contributed by atoms with Gasteiger partial charge in [0.15, 0.2) is 12.4 Å². The molecule has 1 atom stereocenters. The van der Waals surface area contributed by atoms with Gasteiger partial charge in [-0.1, -0.05) is 0 Å². The summed E-state index contributed by atoms with van der Waals surface area (Å²) in [4.78, 5) is 19.6. The van der Waals surface area contributed by atoms with Crippen LogP contribution < -0.4 is 0 Å². The van der Waals surface area contributed by atoms with Crippen LogP contribution in [0.4, 0.5) is 8.78 Å². The Bertz CT molecular complexity index is 259. The molecule has 86 valence electrons. The molecule has 0 spiro atoms. The van der Waals surface area contributed by atoms with E-state index in [1.807, 2.05) is 0 Å². The van der Waals surface area contributed by atoms with Crippen molar-refractivity contribution in [3.63, 3.8) is 0 Å². The molecule has 1 aliphatic rings. The van der Waals surface area contributed by atoms with Crippen molar-refractivity contribution in [2.75, 3.05) is 6.61 Å². The number of alkyl halides is 2. The van der Waals surface area contributed by atoms with Crippen LogP contribution in [0.25, 0.3) is 0 Å². The van der Waals surface area contributed by atoms with Crippen LogP contribution in [0, 0.1) is 5.92 Å². The molecule has 0 amide bonds. The molecule has 1 unspecified atom stereocenters. The summed E-state index contributed by atoms with van der Waals surface area (Å²) < 4.78 is 39.8. The van der Waals surface area contributed by atoms with Crippen LogP contribution in [-0.2, 0) is 13.9 Å². The van der Waals surface area contributed by atoms with Crippen molar-refractivity contribution in [1.29, 1.82) is 0 Å². The lowest BCUT2D eigenvalue weighted by Crippen LogP contribution is -2.30. The van der Waals surface area contributed by atoms with Gasteiger partial charge in [-0.2, -0.15) is 0 Å². The molecule has 0 saturated heterocycles. The van der Waals surface area contributed by atoms with E-state index in [0.717, 1.165) is 0 Å². The van der Waals surface area contributed by atoms with Gasteiger partial charge >= 0.3 is 8.25 Å². The predicted octanol–water partition coefficient (Wildman–Crippen LogP) is 2.05. The van der Waals surface area contributed by atoms with E-state index < -0.39 is 26.7 Å². The number of carbonyl (C=O) groups excluding carboxylic acids is 1. The van der Waals surface area contributed by atoms with Crippen LogP contribution in [-0.4, -0.2) is 23.2 Å². The van der Waals surface area contributed by atoms with Gasteiger partial charge in [0.05, 0.1) is 0 Å². The van der Waals surface area contributed by atoms with Crippen molar-refractivity contribution in [2.45, 2.75) is 31.6 Å². The molecule has 7 heteroatoms. The molecular weight excluding hydrogens is 229 g/mol. The summed E-state index contributed by atoms with van der Waals surface area (Å²) in [5, 5.41) is 0. The van der Waals surface area contributed by atoms with Crippen molar-refractivity contribution < 1.29 is 27.6 Å². The summed E-state index contributed by atoms with van der Waals surface area (Å²) in [6.45, 7) is -0.470. The van der Waals surface area contributed by atoms with Gasteiger partial charge in [0.25, 0.3) is 0 Å². The Morgan fingerprint density at radius 1 is 1.47 bits per heavy atom. The predicted molar refractivity (Wildman–Crippen MR) is 47.7 cm³/mol. The van der Waals surface area contributed by atoms with E-state index >= 15 is 0 Å². The average molecular weight is 241 g/mol. The molecular formula is C8H12F2O4P+. The van der Waals surface area contributed by atoms with Crippen molar-refractivity contribution >= 4 is 14.0 Å². The molecule has 0 bridgehead atoms. The zero-order chi connectivity index (χ0) is 11.5. The topological polar surface area (TPSA) is 63.6 Å². The Balaban J connectivity index is 2.33. The maximum atomic E-state index is 12.7. The summed E-state index contributed by atoms with van der Waals surface area (Å²) in [5.74, 6) is -3.50. The summed E-state index contributed by atoms with van der Waals surface area (Å²) in [6, 6.07) is 0. The minimum Gasteiger partial charge on any atom is -0.297 e. The van der Waals surface area contributed by atoms with Gasteiger partial charge in [0.2, 0.25) is 5.92 Å². The quantitative estimate of drug-likeness (QED) is 0.765. The van der Waals surface area contributed by atoms with E-state index in [1.54, 1.807) is 0 Å². The molecule has 1 aliphatic carbocycles. The normalized spacial score (nSPS) is 22.5. The fourth-order valence-corrected chi connectivity index (χ4v) is 1.84. The van der Waals surface area contributed by atoms with Crippen molar-refractivity contribution in [2.24, 2.45) is 5.92 Å². The highest BCUT2D eigenvalue weighted by atomic mass is 31.1. The first-order valence-corrected chi connectivity index (χ1v) is 5.73. The molecule has 4 nitrogen and oxygen atoms in total. The van der Waals surface area contributed by atoms with Crippen LogP contribution in [0.3, 0.4) is 0 Å². The SMILES string of the molecule is O=C(CO[P+](=O)O)C1CCC(F)(F)CC1. The standard InChI is InChI=1S/C8H11F2O4P/c9-8(10)3-1-6(2-4-8)7(11)5-14-15(12)13/h6H,1-5H2/p+1. The number of rotatable bonds is 4. The van der Waals surface area contributed by atoms with E-state index in [9.17, 15) is 18.1 Å². The minimum absolute atomic E-state index is 0.122. The molecule has 0 aromatic rings. The molecule has 1 saturated carbocycles. The lowest BCUT2D eigenvalue weighted by Gasteiger charge is -2.26. The Hall–Kier alpha value is -0.450. The van der Waals surface area contributed by atoms with Gasteiger partial charge < -0.3 is 0 Å². The van der Waals surface area contributed by atoms with Gasteiger partial charge in [-0.25, -0.2) is 8.78 Å². The summed E-state index contributed by atoms with van der Waals surface area (Å²) in [7, 11) is -2.79. The van der Waals surface area contributed by atoms with Gasteiger partial charge in [-0.05, 0) is 12.8 Å². The molecule has 1 N–H and O–H groups in total. The molecule has 0 aromatic carbocycles. The van der Waals surface area contributed by atoms with E-state index in [1.165, 1.54) is 0 Å². The first kappa shape index (κ1) is 12.6. The maximum absolute atomic E-state index is 12.7. The van der Waals surface area contributed by atoms with E-state index in [4.69, 9.17) is 4.89 Å². The smallest absolute Gasteiger partial charge is 0.297 e. The molecule has 0 heterocycles. The van der Waals surface area contributed by atoms with Crippen molar-refractivity contribution in [3.05, 3.63) is 0 Å². The van der Waals surface area contributed by atoms with E-state index in [-0.39, 0.29) is 31.5 Å². The number of carbonyl (C=O) groups is 1. The fraction of sp³-hybridized carbons (Fsp3) is 0.875. The van der Waals surface area contributed by atoms with Crippen LogP contribution >= 0.6 is 8.25 Å². The molecule has 15 heavy (non-hydrogen) atoms. The monoisotopic (exact) mass is 241 g/mol. The highest BCUT2D eigenvalue weighted by molar-refractivity contribution is 7.32. The summed E-state index contributed by atoms with van der Waals surface area (Å²) >= 11 is 0. The Kier molecular flexibility index (Phi) is 4.25. The number of halogens is 2. The van der Waals surface area contributed by atoms with Crippen LogP contribution in [0.15, 0.2) is 0 Å². The first-order chi connectivity index (χ1) is 6.91. The second-order valence-electron chi connectivity index (χ2n) is 3.61. The number of Topliss-reactive ketones (excluding diaryl/α,β-unsaturated/α-hetero) is 1. The minimum atomic E-state index is -2.79. The third-order valence-corrected chi connectivity index (χ3v) is 2.84. The third kappa shape index (κ3) is 4.28. The van der Waals surface area contributed by atoms with Gasteiger partial charge in [0, 0.05) is 23.3 Å². The maximum Gasteiger partial charge on any atom is 0.695 e. The average Bonchev–Trinajstić information content (AvgIpc) is 2.14. The number of hydrogen-bond acceptors (Lipinski definition) is 3. The van der Waals surface area contributed by atoms with Crippen molar-refractivity contribution in [3.8, 4) is 0 Å². The number of hydrogen-bond donors (Lipinski definition) is 1. The molecule has 0 aliphatic heterocycles. The van der Waals surface area contributed by atoms with Gasteiger partial charge in [-0.15, -0.1) is 9.42 Å².